The van der Waals surface area contributed by atoms with Gasteiger partial charge < -0.3 is 24.8 Å². The van der Waals surface area contributed by atoms with Crippen molar-refractivity contribution in [2.75, 3.05) is 0 Å². The van der Waals surface area contributed by atoms with Gasteiger partial charge in [-0.15, -0.1) is 0 Å². The Morgan fingerprint density at radius 2 is 1.80 bits per heavy atom. The Balaban J connectivity index is 0.000000963. The van der Waals surface area contributed by atoms with Crippen molar-refractivity contribution in [3.63, 3.8) is 0 Å². The summed E-state index contributed by atoms with van der Waals surface area (Å²) in [5.74, 6) is 0. The van der Waals surface area contributed by atoms with Gasteiger partial charge in [0.2, 0.25) is 0 Å². The first-order chi connectivity index (χ1) is 13.7. The summed E-state index contributed by atoms with van der Waals surface area (Å²) < 4.78 is 0.763. The molecular formula is C27H22Cl2Zr. The van der Waals surface area contributed by atoms with E-state index >= 15 is 0 Å². The van der Waals surface area contributed by atoms with Gasteiger partial charge in [0.25, 0.3) is 0 Å². The molecule has 2 aromatic rings. The maximum absolute atomic E-state index is 2.62. The minimum absolute atomic E-state index is 0. The molecule has 5 bridgehead atoms. The van der Waals surface area contributed by atoms with E-state index < -0.39 is 23.2 Å². The quantitative estimate of drug-likeness (QED) is 0.492. The topological polar surface area (TPSA) is 0 Å². The predicted octanol–water partition coefficient (Wildman–Crippen LogP) is 0.709. The Hall–Kier alpha value is -1.14. The van der Waals surface area contributed by atoms with Crippen molar-refractivity contribution in [1.82, 2.24) is 0 Å². The number of hydrogen-bond acceptors (Lipinski definition) is 0. The number of rotatable bonds is 0. The third kappa shape index (κ3) is 2.44. The van der Waals surface area contributed by atoms with Gasteiger partial charge in [-0.25, -0.2) is 0 Å². The normalized spacial score (nSPS) is 28.2. The maximum atomic E-state index is 2.62. The summed E-state index contributed by atoms with van der Waals surface area (Å²) in [7, 11) is 0. The second-order valence-corrected chi connectivity index (χ2v) is 14.0. The molecule has 30 heavy (non-hydrogen) atoms. The predicted molar refractivity (Wildman–Crippen MR) is 112 cm³/mol. The van der Waals surface area contributed by atoms with Crippen LogP contribution in [-0.2, 0) is 32.8 Å². The average molecular weight is 509 g/mol. The first-order valence-electron chi connectivity index (χ1n) is 10.6. The molecule has 2 spiro atoms. The largest absolute Gasteiger partial charge is 1.00 e. The van der Waals surface area contributed by atoms with Gasteiger partial charge >= 0.3 is 179 Å². The zero-order valence-electron chi connectivity index (χ0n) is 16.9. The molecule has 2 unspecified atom stereocenters. The van der Waals surface area contributed by atoms with Crippen LogP contribution in [0.3, 0.4) is 0 Å². The van der Waals surface area contributed by atoms with Gasteiger partial charge in [-0.05, 0) is 0 Å². The number of benzene rings is 2. The number of fused-ring (bicyclic) bond motifs is 3. The molecule has 1 saturated heterocycles. The van der Waals surface area contributed by atoms with Crippen molar-refractivity contribution in [2.24, 2.45) is 0 Å². The second-order valence-electron chi connectivity index (χ2n) is 9.08. The van der Waals surface area contributed by atoms with Crippen molar-refractivity contribution in [1.29, 1.82) is 0 Å². The molecule has 148 valence electrons. The van der Waals surface area contributed by atoms with Gasteiger partial charge in [-0.3, -0.25) is 0 Å². The van der Waals surface area contributed by atoms with Gasteiger partial charge in [0.15, 0.2) is 0 Å². The minimum Gasteiger partial charge on any atom is -1.00 e. The fourth-order valence-electron chi connectivity index (χ4n) is 6.61. The van der Waals surface area contributed by atoms with Crippen LogP contribution >= 0.6 is 0 Å². The molecule has 3 aliphatic carbocycles. The van der Waals surface area contributed by atoms with Gasteiger partial charge in [0, 0.05) is 0 Å². The molecule has 0 N–H and O–H groups in total. The van der Waals surface area contributed by atoms with Gasteiger partial charge in [-0.1, -0.05) is 0 Å². The van der Waals surface area contributed by atoms with Gasteiger partial charge in [0.1, 0.15) is 0 Å². The van der Waals surface area contributed by atoms with E-state index in [9.17, 15) is 0 Å². The molecule has 3 heteroatoms. The van der Waals surface area contributed by atoms with Crippen molar-refractivity contribution < 1.29 is 48.0 Å². The van der Waals surface area contributed by atoms with Crippen molar-refractivity contribution in [2.45, 2.75) is 38.9 Å². The third-order valence-corrected chi connectivity index (χ3v) is 13.7. The number of halogens is 2. The number of allylic oxidation sites excluding steroid dienone is 7. The monoisotopic (exact) mass is 506 g/mol. The first-order valence-corrected chi connectivity index (χ1v) is 13.0. The van der Waals surface area contributed by atoms with Crippen LogP contribution in [-0.4, -0.2) is 0 Å². The molecular weight excluding hydrogens is 486 g/mol. The number of aryl methyl sites for hydroxylation is 1. The Bertz CT molecular complexity index is 1220. The van der Waals surface area contributed by atoms with Crippen LogP contribution in [0.2, 0.25) is 3.12 Å². The molecule has 0 aromatic heterocycles. The summed E-state index contributed by atoms with van der Waals surface area (Å²) in [4.78, 5) is 0. The molecule has 1 fully saturated rings. The van der Waals surface area contributed by atoms with E-state index in [-0.39, 0.29) is 24.8 Å². The Labute approximate surface area is 202 Å². The molecule has 0 saturated carbocycles. The van der Waals surface area contributed by atoms with Gasteiger partial charge in [-0.2, -0.15) is 0 Å². The molecule has 0 nitrogen and oxygen atoms in total. The van der Waals surface area contributed by atoms with E-state index in [1.807, 2.05) is 0 Å². The zero-order valence-corrected chi connectivity index (χ0v) is 20.9. The smallest absolute Gasteiger partial charge is 1.00 e. The third-order valence-electron chi connectivity index (χ3n) is 7.82. The minimum atomic E-state index is -0.812. The summed E-state index contributed by atoms with van der Waals surface area (Å²) in [5, 5.41) is 0. The molecule has 0 radical (unpaired) electrons. The summed E-state index contributed by atoms with van der Waals surface area (Å²) >= 11 is -0.812. The Kier molecular flexibility index (Phi) is 4.79. The standard InChI is InChI=1S/C27H22.2ClH.Zr/c1-17-26-15-18-9-11-21-16-20-5-2-3-7-22(20)23(21)14-12-19-6-4-8-25(27(17)19)24(26)13-10-18;;;/h2-8,10,13,15-16H,9,11-12,14H2,1H3;2*1H;/q;;;+2/p-2. The van der Waals surface area contributed by atoms with E-state index in [0.29, 0.717) is 6.25 Å². The van der Waals surface area contributed by atoms with E-state index in [0.717, 1.165) is 0 Å². The molecule has 7 rings (SSSR count). The van der Waals surface area contributed by atoms with Crippen molar-refractivity contribution in [3.05, 3.63) is 99.7 Å². The second kappa shape index (κ2) is 6.93. The fourth-order valence-corrected chi connectivity index (χ4v) is 13.0. The summed E-state index contributed by atoms with van der Waals surface area (Å²) in [6, 6.07) is 16.6. The molecule has 2 aliphatic heterocycles. The maximum Gasteiger partial charge on any atom is -1.00 e. The van der Waals surface area contributed by atoms with Crippen molar-refractivity contribution in [3.8, 4) is 0 Å². The van der Waals surface area contributed by atoms with Crippen LogP contribution in [0.5, 0.6) is 0 Å². The molecule has 2 atom stereocenters. The zero-order chi connectivity index (χ0) is 18.5. The van der Waals surface area contributed by atoms with E-state index in [1.165, 1.54) is 53.5 Å². The first kappa shape index (κ1) is 20.7. The summed E-state index contributed by atoms with van der Waals surface area (Å²) in [5.41, 5.74) is 14.3. The van der Waals surface area contributed by atoms with Crippen LogP contribution in [0.25, 0.3) is 17.2 Å². The van der Waals surface area contributed by atoms with Crippen LogP contribution in [0, 0.1) is 0 Å². The summed E-state index contributed by atoms with van der Waals surface area (Å²) in [6.45, 7) is 2.40. The average Bonchev–Trinajstić information content (AvgIpc) is 3.33. The Morgan fingerprint density at radius 1 is 0.933 bits per heavy atom. The van der Waals surface area contributed by atoms with Crippen LogP contribution in [0.4, 0.5) is 0 Å². The fraction of sp³-hybridized carbons (Fsp3) is 0.259. The Morgan fingerprint density at radius 3 is 2.70 bits per heavy atom. The SMILES string of the molecule is CC1=C2C3=CC=C[C]24CC[C]2([Zr+2]4)C(=Cc4ccccc42)CCc2ccc3c1c2.[Cl-].[Cl-]. The van der Waals surface area contributed by atoms with E-state index in [1.54, 1.807) is 22.3 Å². The van der Waals surface area contributed by atoms with E-state index in [2.05, 4.69) is 73.7 Å². The molecule has 2 aromatic carbocycles. The van der Waals surface area contributed by atoms with Gasteiger partial charge in [0.05, 0.1) is 0 Å². The molecule has 0 amide bonds. The molecule has 2 heterocycles. The van der Waals surface area contributed by atoms with Crippen LogP contribution in [0.15, 0.2) is 71.8 Å². The number of hydrogen-bond donors (Lipinski definition) is 0. The molecule has 5 aliphatic rings. The van der Waals surface area contributed by atoms with Crippen molar-refractivity contribution >= 4 is 17.2 Å². The summed E-state index contributed by atoms with van der Waals surface area (Å²) in [6.07, 6.45) is 15.1. The van der Waals surface area contributed by atoms with Crippen LogP contribution in [0.1, 0.15) is 54.0 Å². The van der Waals surface area contributed by atoms with E-state index in [4.69, 9.17) is 0 Å². The van der Waals surface area contributed by atoms with Crippen LogP contribution < -0.4 is 24.8 Å².